The van der Waals surface area contributed by atoms with E-state index in [4.69, 9.17) is 0 Å². The van der Waals surface area contributed by atoms with Gasteiger partial charge in [0, 0.05) is 30.1 Å². The molecule has 0 atom stereocenters. The zero-order valence-electron chi connectivity index (χ0n) is 16.1. The van der Waals surface area contributed by atoms with Crippen LogP contribution in [0.4, 0.5) is 0 Å². The van der Waals surface area contributed by atoms with E-state index in [0.29, 0.717) is 21.6 Å². The smallest absolute Gasteiger partial charge is 0.260 e. The van der Waals surface area contributed by atoms with Crippen molar-refractivity contribution in [2.45, 2.75) is 11.8 Å². The first-order chi connectivity index (χ1) is 13.8. The number of hydrogen-bond acceptors (Lipinski definition) is 5. The summed E-state index contributed by atoms with van der Waals surface area (Å²) in [5.74, 6) is 0.414. The summed E-state index contributed by atoms with van der Waals surface area (Å²) in [6.45, 7) is 1.98. The van der Waals surface area contributed by atoms with E-state index in [1.54, 1.807) is 12.1 Å². The second-order valence-electron chi connectivity index (χ2n) is 6.81. The van der Waals surface area contributed by atoms with Crippen molar-refractivity contribution >= 4 is 31.6 Å². The van der Waals surface area contributed by atoms with Crippen molar-refractivity contribution in [2.24, 2.45) is 0 Å². The topological polar surface area (TPSA) is 83.1 Å². The van der Waals surface area contributed by atoms with Crippen LogP contribution in [0.1, 0.15) is 4.88 Å². The molecule has 4 aromatic rings. The fourth-order valence-corrected chi connectivity index (χ4v) is 5.15. The Morgan fingerprint density at radius 3 is 2.24 bits per heavy atom. The average molecular weight is 426 g/mol. The van der Waals surface area contributed by atoms with Gasteiger partial charge in [0.05, 0.1) is 10.3 Å². The van der Waals surface area contributed by atoms with E-state index in [2.05, 4.69) is 9.97 Å². The molecule has 0 unspecified atom stereocenters. The molecule has 0 fully saturated rings. The predicted molar refractivity (Wildman–Crippen MR) is 117 cm³/mol. The molecule has 2 aromatic heterocycles. The Kier molecular flexibility index (Phi) is 4.85. The molecule has 0 amide bonds. The zero-order valence-corrected chi connectivity index (χ0v) is 17.8. The highest BCUT2D eigenvalue weighted by molar-refractivity contribution is 7.89. The summed E-state index contributed by atoms with van der Waals surface area (Å²) in [6, 6.07) is 16.1. The molecule has 29 heavy (non-hydrogen) atoms. The summed E-state index contributed by atoms with van der Waals surface area (Å²) >= 11 is 1.47. The van der Waals surface area contributed by atoms with Gasteiger partial charge in [-0.25, -0.2) is 17.7 Å². The average Bonchev–Trinajstić information content (AvgIpc) is 3.05. The number of aryl methyl sites for hydroxylation is 1. The van der Waals surface area contributed by atoms with Gasteiger partial charge < -0.3 is 4.98 Å². The number of aromatic amines is 1. The van der Waals surface area contributed by atoms with Crippen LogP contribution in [0, 0.1) is 6.92 Å². The van der Waals surface area contributed by atoms with Crippen LogP contribution in [0.5, 0.6) is 0 Å². The van der Waals surface area contributed by atoms with Crippen molar-refractivity contribution in [1.29, 1.82) is 0 Å². The van der Waals surface area contributed by atoms with Gasteiger partial charge >= 0.3 is 0 Å². The van der Waals surface area contributed by atoms with E-state index in [9.17, 15) is 13.2 Å². The quantitative estimate of drug-likeness (QED) is 0.538. The van der Waals surface area contributed by atoms with Crippen molar-refractivity contribution < 1.29 is 8.42 Å². The highest BCUT2D eigenvalue weighted by Gasteiger charge is 2.19. The lowest BCUT2D eigenvalue weighted by Crippen LogP contribution is -2.22. The van der Waals surface area contributed by atoms with E-state index < -0.39 is 10.0 Å². The van der Waals surface area contributed by atoms with Crippen molar-refractivity contribution in [3.63, 3.8) is 0 Å². The van der Waals surface area contributed by atoms with Crippen LogP contribution >= 0.6 is 11.3 Å². The Morgan fingerprint density at radius 2 is 1.62 bits per heavy atom. The number of aromatic nitrogens is 2. The molecule has 8 heteroatoms. The van der Waals surface area contributed by atoms with Crippen LogP contribution in [0.25, 0.3) is 32.7 Å². The van der Waals surface area contributed by atoms with Crippen LogP contribution in [0.2, 0.25) is 0 Å². The maximum Gasteiger partial charge on any atom is 0.260 e. The van der Waals surface area contributed by atoms with Crippen LogP contribution < -0.4 is 5.56 Å². The molecule has 0 saturated carbocycles. The van der Waals surface area contributed by atoms with Gasteiger partial charge in [-0.3, -0.25) is 4.79 Å². The third-order valence-electron chi connectivity index (χ3n) is 4.71. The fraction of sp³-hybridized carbons (Fsp3) is 0.143. The number of H-pyrrole nitrogens is 1. The first-order valence-electron chi connectivity index (χ1n) is 8.91. The Labute approximate surface area is 172 Å². The number of fused-ring (bicyclic) bond motifs is 1. The number of rotatable bonds is 4. The summed E-state index contributed by atoms with van der Waals surface area (Å²) in [7, 11) is -0.537. The maximum atomic E-state index is 12.9. The largest absolute Gasteiger partial charge is 0.306 e. The SMILES string of the molecule is Cc1sc2nc(-c3ccc(S(=O)(=O)N(C)C)cc3)[nH]c(=O)c2c1-c1ccccc1. The van der Waals surface area contributed by atoms with Gasteiger partial charge in [-0.2, -0.15) is 0 Å². The van der Waals surface area contributed by atoms with Gasteiger partial charge in [-0.15, -0.1) is 11.3 Å². The molecule has 0 spiro atoms. The molecule has 0 aliphatic heterocycles. The Morgan fingerprint density at radius 1 is 0.966 bits per heavy atom. The van der Waals surface area contributed by atoms with Gasteiger partial charge in [0.2, 0.25) is 10.0 Å². The van der Waals surface area contributed by atoms with Crippen LogP contribution in [-0.2, 0) is 10.0 Å². The molecular weight excluding hydrogens is 406 g/mol. The van der Waals surface area contributed by atoms with Gasteiger partial charge in [-0.05, 0) is 36.8 Å². The predicted octanol–water partition coefficient (Wildman–Crippen LogP) is 3.88. The Hall–Kier alpha value is -2.81. The van der Waals surface area contributed by atoms with Crippen LogP contribution in [0.3, 0.4) is 0 Å². The van der Waals surface area contributed by atoms with Crippen LogP contribution in [0.15, 0.2) is 64.3 Å². The molecule has 0 aliphatic carbocycles. The summed E-state index contributed by atoms with van der Waals surface area (Å²) in [5.41, 5.74) is 2.32. The van der Waals surface area contributed by atoms with Crippen LogP contribution in [-0.4, -0.2) is 36.8 Å². The lowest BCUT2D eigenvalue weighted by molar-refractivity contribution is 0.521. The minimum absolute atomic E-state index is 0.188. The summed E-state index contributed by atoms with van der Waals surface area (Å²) in [6.07, 6.45) is 0. The highest BCUT2D eigenvalue weighted by Crippen LogP contribution is 2.36. The van der Waals surface area contributed by atoms with Crippen molar-refractivity contribution in [3.8, 4) is 22.5 Å². The molecule has 0 bridgehead atoms. The normalized spacial score (nSPS) is 12.0. The molecule has 0 radical (unpaired) electrons. The number of nitrogens with zero attached hydrogens (tertiary/aromatic N) is 2. The van der Waals surface area contributed by atoms with Gasteiger partial charge in [0.1, 0.15) is 10.7 Å². The Balaban J connectivity index is 1.82. The molecule has 4 rings (SSSR count). The minimum atomic E-state index is -3.51. The summed E-state index contributed by atoms with van der Waals surface area (Å²) < 4.78 is 25.6. The van der Waals surface area contributed by atoms with Gasteiger partial charge in [0.15, 0.2) is 0 Å². The molecule has 0 aliphatic rings. The molecule has 2 aromatic carbocycles. The monoisotopic (exact) mass is 425 g/mol. The number of thiophene rings is 1. The lowest BCUT2D eigenvalue weighted by atomic mass is 10.0. The molecule has 0 saturated heterocycles. The van der Waals surface area contributed by atoms with Gasteiger partial charge in [-0.1, -0.05) is 30.3 Å². The second kappa shape index (κ2) is 7.22. The molecule has 1 N–H and O–H groups in total. The third-order valence-corrected chi connectivity index (χ3v) is 7.54. The van der Waals surface area contributed by atoms with E-state index in [1.807, 2.05) is 37.3 Å². The van der Waals surface area contributed by atoms with E-state index in [1.165, 1.54) is 37.6 Å². The first kappa shape index (κ1) is 19.5. The summed E-state index contributed by atoms with van der Waals surface area (Å²) in [5, 5.41) is 0.578. The molecule has 148 valence electrons. The fourth-order valence-electron chi connectivity index (χ4n) is 3.20. The molecule has 2 heterocycles. The number of benzene rings is 2. The highest BCUT2D eigenvalue weighted by atomic mass is 32.2. The van der Waals surface area contributed by atoms with Gasteiger partial charge in [0.25, 0.3) is 5.56 Å². The van der Waals surface area contributed by atoms with E-state index >= 15 is 0 Å². The summed E-state index contributed by atoms with van der Waals surface area (Å²) in [4.78, 5) is 22.3. The number of sulfonamides is 1. The standard InChI is InChI=1S/C21H19N3O3S2/c1-13-17(14-7-5-4-6-8-14)18-20(25)22-19(23-21(18)28-13)15-9-11-16(12-10-15)29(26,27)24(2)3/h4-12H,1-3H3,(H,22,23,25). The molecule has 6 nitrogen and oxygen atoms in total. The first-order valence-corrected chi connectivity index (χ1v) is 11.2. The van der Waals surface area contributed by atoms with Crippen molar-refractivity contribution in [2.75, 3.05) is 14.1 Å². The minimum Gasteiger partial charge on any atom is -0.306 e. The second-order valence-corrected chi connectivity index (χ2v) is 10.2. The van der Waals surface area contributed by atoms with Crippen molar-refractivity contribution in [3.05, 3.63) is 69.8 Å². The third kappa shape index (κ3) is 3.39. The van der Waals surface area contributed by atoms with E-state index in [0.717, 1.165) is 20.3 Å². The zero-order chi connectivity index (χ0) is 20.8. The Bertz CT molecular complexity index is 1350. The maximum absolute atomic E-state index is 12.9. The number of hydrogen-bond donors (Lipinski definition) is 1. The van der Waals surface area contributed by atoms with Crippen molar-refractivity contribution in [1.82, 2.24) is 14.3 Å². The lowest BCUT2D eigenvalue weighted by Gasteiger charge is -2.11. The van der Waals surface area contributed by atoms with E-state index in [-0.39, 0.29) is 10.5 Å². The number of nitrogens with one attached hydrogen (secondary N) is 1. The molecular formula is C21H19N3O3S2.